The molecule has 0 saturated heterocycles. The molecular formula is C13H13N5O2S. The van der Waals surface area contributed by atoms with Crippen LogP contribution in [0.5, 0.6) is 0 Å². The lowest BCUT2D eigenvalue weighted by molar-refractivity contribution is 0.252. The van der Waals surface area contributed by atoms with Crippen molar-refractivity contribution in [1.29, 1.82) is 0 Å². The van der Waals surface area contributed by atoms with Gasteiger partial charge in [-0.05, 0) is 19.1 Å². The van der Waals surface area contributed by atoms with Gasteiger partial charge in [0.25, 0.3) is 0 Å². The predicted molar refractivity (Wildman–Crippen MR) is 79.4 cm³/mol. The van der Waals surface area contributed by atoms with Crippen LogP contribution in [0.15, 0.2) is 28.8 Å². The van der Waals surface area contributed by atoms with Crippen LogP contribution in [0.25, 0.3) is 10.2 Å². The van der Waals surface area contributed by atoms with Crippen molar-refractivity contribution in [2.45, 2.75) is 13.3 Å². The van der Waals surface area contributed by atoms with E-state index in [-0.39, 0.29) is 6.03 Å². The molecule has 2 heterocycles. The molecule has 1 aromatic carbocycles. The Labute approximate surface area is 124 Å². The fraction of sp³-hybridized carbons (Fsp3) is 0.231. The molecule has 0 unspecified atom stereocenters. The molecule has 0 radical (unpaired) electrons. The molecule has 2 N–H and O–H groups in total. The first kappa shape index (κ1) is 13.5. The fourth-order valence-electron chi connectivity index (χ4n) is 1.79. The number of carbonyl (C=O) groups excluding carboxylic acids is 1. The smallest absolute Gasteiger partial charge is 0.321 e. The number of nitrogens with one attached hydrogen (secondary N) is 2. The highest BCUT2D eigenvalue weighted by Gasteiger charge is 2.08. The van der Waals surface area contributed by atoms with Crippen molar-refractivity contribution >= 4 is 32.7 Å². The molecular weight excluding hydrogens is 290 g/mol. The maximum absolute atomic E-state index is 11.8. The Hall–Kier alpha value is -2.48. The van der Waals surface area contributed by atoms with Gasteiger partial charge in [0.1, 0.15) is 0 Å². The largest absolute Gasteiger partial charge is 0.339 e. The zero-order chi connectivity index (χ0) is 14.7. The Morgan fingerprint density at radius 2 is 2.19 bits per heavy atom. The van der Waals surface area contributed by atoms with Crippen molar-refractivity contribution in [2.75, 3.05) is 11.9 Å². The predicted octanol–water partition coefficient (Wildman–Crippen LogP) is 2.35. The minimum absolute atomic E-state index is 0.301. The van der Waals surface area contributed by atoms with E-state index in [2.05, 4.69) is 25.8 Å². The Morgan fingerprint density at radius 3 is 2.95 bits per heavy atom. The first-order chi connectivity index (χ1) is 10.2. The summed E-state index contributed by atoms with van der Waals surface area (Å²) < 4.78 is 6.00. The minimum atomic E-state index is -0.301. The summed E-state index contributed by atoms with van der Waals surface area (Å²) in [5.74, 6) is 1.09. The number of amides is 2. The molecule has 0 spiro atoms. The van der Waals surface area contributed by atoms with E-state index >= 15 is 0 Å². The summed E-state index contributed by atoms with van der Waals surface area (Å²) in [6, 6.07) is 7.43. The molecule has 0 saturated carbocycles. The van der Waals surface area contributed by atoms with Gasteiger partial charge >= 0.3 is 6.03 Å². The van der Waals surface area contributed by atoms with Crippen LogP contribution in [0, 0.1) is 6.92 Å². The van der Waals surface area contributed by atoms with Crippen LogP contribution in [-0.4, -0.2) is 27.7 Å². The lowest BCUT2D eigenvalue weighted by Crippen LogP contribution is -2.30. The lowest BCUT2D eigenvalue weighted by atomic mass is 10.3. The zero-order valence-electron chi connectivity index (χ0n) is 11.3. The summed E-state index contributed by atoms with van der Waals surface area (Å²) in [5, 5.41) is 9.69. The number of rotatable bonds is 4. The summed E-state index contributed by atoms with van der Waals surface area (Å²) in [6.45, 7) is 2.17. The summed E-state index contributed by atoms with van der Waals surface area (Å²) in [4.78, 5) is 20.2. The number of para-hydroxylation sites is 1. The molecule has 0 bridgehead atoms. The van der Waals surface area contributed by atoms with E-state index in [0.29, 0.717) is 29.8 Å². The third kappa shape index (κ3) is 3.34. The quantitative estimate of drug-likeness (QED) is 0.771. The second-order valence-corrected chi connectivity index (χ2v) is 5.38. The number of urea groups is 1. The van der Waals surface area contributed by atoms with Gasteiger partial charge in [-0.15, -0.1) is 0 Å². The Kier molecular flexibility index (Phi) is 3.78. The molecule has 2 amide bonds. The molecule has 2 aromatic heterocycles. The number of hydrogen-bond donors (Lipinski definition) is 2. The minimum Gasteiger partial charge on any atom is -0.339 e. The van der Waals surface area contributed by atoms with E-state index < -0.39 is 0 Å². The molecule has 0 aliphatic heterocycles. The Bertz CT molecular complexity index is 734. The number of carbonyl (C=O) groups is 1. The summed E-state index contributed by atoms with van der Waals surface area (Å²) in [5.41, 5.74) is 0.874. The fourth-order valence-corrected chi connectivity index (χ4v) is 2.65. The van der Waals surface area contributed by atoms with Gasteiger partial charge in [-0.1, -0.05) is 28.6 Å². The third-order valence-electron chi connectivity index (χ3n) is 2.71. The molecule has 21 heavy (non-hydrogen) atoms. The van der Waals surface area contributed by atoms with E-state index in [0.717, 1.165) is 10.2 Å². The van der Waals surface area contributed by atoms with Crippen LogP contribution in [0.1, 0.15) is 11.7 Å². The second-order valence-electron chi connectivity index (χ2n) is 4.35. The van der Waals surface area contributed by atoms with Gasteiger partial charge in [0, 0.05) is 13.0 Å². The Morgan fingerprint density at radius 1 is 1.33 bits per heavy atom. The van der Waals surface area contributed by atoms with E-state index in [1.807, 2.05) is 24.3 Å². The van der Waals surface area contributed by atoms with Crippen molar-refractivity contribution in [2.24, 2.45) is 0 Å². The SMILES string of the molecule is Cc1noc(CCNC(=O)Nc2nc3ccccc3s2)n1. The molecule has 3 rings (SSSR count). The molecule has 108 valence electrons. The molecule has 0 atom stereocenters. The van der Waals surface area contributed by atoms with E-state index in [1.165, 1.54) is 11.3 Å². The van der Waals surface area contributed by atoms with Gasteiger partial charge in [-0.25, -0.2) is 9.78 Å². The standard InChI is InChI=1S/C13H13N5O2S/c1-8-15-11(20-18-8)6-7-14-12(19)17-13-16-9-4-2-3-5-10(9)21-13/h2-5H,6-7H2,1H3,(H2,14,16,17,19). The van der Waals surface area contributed by atoms with Crippen LogP contribution in [0.3, 0.4) is 0 Å². The third-order valence-corrected chi connectivity index (χ3v) is 3.66. The van der Waals surface area contributed by atoms with Gasteiger partial charge in [-0.2, -0.15) is 4.98 Å². The Balaban J connectivity index is 1.51. The van der Waals surface area contributed by atoms with Gasteiger partial charge < -0.3 is 9.84 Å². The highest BCUT2D eigenvalue weighted by Crippen LogP contribution is 2.25. The van der Waals surface area contributed by atoms with Crippen molar-refractivity contribution in [3.8, 4) is 0 Å². The lowest BCUT2D eigenvalue weighted by Gasteiger charge is -2.02. The van der Waals surface area contributed by atoms with Crippen molar-refractivity contribution in [3.05, 3.63) is 36.0 Å². The molecule has 0 aliphatic rings. The molecule has 0 fully saturated rings. The van der Waals surface area contributed by atoms with Gasteiger partial charge in [0.05, 0.1) is 10.2 Å². The average molecular weight is 303 g/mol. The van der Waals surface area contributed by atoms with E-state index in [4.69, 9.17) is 4.52 Å². The average Bonchev–Trinajstić information content (AvgIpc) is 3.04. The first-order valence-corrected chi connectivity index (χ1v) is 7.22. The van der Waals surface area contributed by atoms with Crippen LogP contribution >= 0.6 is 11.3 Å². The van der Waals surface area contributed by atoms with E-state index in [9.17, 15) is 4.79 Å². The number of aromatic nitrogens is 3. The summed E-state index contributed by atoms with van der Waals surface area (Å²) >= 11 is 1.43. The van der Waals surface area contributed by atoms with Crippen LogP contribution < -0.4 is 10.6 Å². The number of aryl methyl sites for hydroxylation is 1. The van der Waals surface area contributed by atoms with Crippen LogP contribution in [0.2, 0.25) is 0 Å². The van der Waals surface area contributed by atoms with Gasteiger partial charge in [-0.3, -0.25) is 5.32 Å². The van der Waals surface area contributed by atoms with Gasteiger partial charge in [0.15, 0.2) is 11.0 Å². The van der Waals surface area contributed by atoms with Crippen molar-refractivity contribution < 1.29 is 9.32 Å². The number of fused-ring (bicyclic) bond motifs is 1. The zero-order valence-corrected chi connectivity index (χ0v) is 12.1. The monoisotopic (exact) mass is 303 g/mol. The highest BCUT2D eigenvalue weighted by atomic mass is 32.1. The second kappa shape index (κ2) is 5.88. The topological polar surface area (TPSA) is 92.9 Å². The van der Waals surface area contributed by atoms with Gasteiger partial charge in [0.2, 0.25) is 5.89 Å². The maximum Gasteiger partial charge on any atom is 0.321 e. The molecule has 8 heteroatoms. The highest BCUT2D eigenvalue weighted by molar-refractivity contribution is 7.22. The number of nitrogens with zero attached hydrogens (tertiary/aromatic N) is 3. The van der Waals surface area contributed by atoms with Crippen LogP contribution in [-0.2, 0) is 6.42 Å². The molecule has 7 nitrogen and oxygen atoms in total. The number of hydrogen-bond acceptors (Lipinski definition) is 6. The summed E-state index contributed by atoms with van der Waals surface area (Å²) in [6.07, 6.45) is 0.494. The molecule has 0 aliphatic carbocycles. The van der Waals surface area contributed by atoms with Crippen molar-refractivity contribution in [1.82, 2.24) is 20.4 Å². The number of thiazole rings is 1. The van der Waals surface area contributed by atoms with Crippen LogP contribution in [0.4, 0.5) is 9.93 Å². The number of benzene rings is 1. The van der Waals surface area contributed by atoms with Crippen molar-refractivity contribution in [3.63, 3.8) is 0 Å². The molecule has 3 aromatic rings. The first-order valence-electron chi connectivity index (χ1n) is 6.40. The maximum atomic E-state index is 11.8. The summed E-state index contributed by atoms with van der Waals surface area (Å²) in [7, 11) is 0. The normalized spacial score (nSPS) is 10.7. The van der Waals surface area contributed by atoms with E-state index in [1.54, 1.807) is 6.92 Å². The number of anilines is 1.